The number of carboxylic acids is 1. The minimum Gasteiger partial charge on any atom is -0.481 e. The highest BCUT2D eigenvalue weighted by atomic mass is 32.1. The molecule has 0 aliphatic carbocycles. The van der Waals surface area contributed by atoms with Gasteiger partial charge in [-0.15, -0.1) is 11.3 Å². The minimum absolute atomic E-state index is 0.0823. The number of amides is 2. The molecule has 19 heavy (non-hydrogen) atoms. The quantitative estimate of drug-likeness (QED) is 0.748. The molecule has 1 heterocycles. The zero-order valence-corrected chi connectivity index (χ0v) is 12.1. The third-order valence-corrected chi connectivity index (χ3v) is 3.63. The van der Waals surface area contributed by atoms with Gasteiger partial charge < -0.3 is 10.4 Å². The molecular formula is C12H19N3O3S. The lowest BCUT2D eigenvalue weighted by atomic mass is 10.1. The molecule has 0 aliphatic rings. The molecule has 0 aromatic carbocycles. The fraction of sp³-hybridized carbons (Fsp3) is 0.583. The van der Waals surface area contributed by atoms with E-state index in [4.69, 9.17) is 5.11 Å². The van der Waals surface area contributed by atoms with E-state index in [1.165, 1.54) is 11.3 Å². The number of urea groups is 1. The molecule has 1 aromatic rings. The maximum atomic E-state index is 11.7. The third-order valence-electron chi connectivity index (χ3n) is 2.70. The highest BCUT2D eigenvalue weighted by Gasteiger charge is 2.15. The number of anilines is 1. The van der Waals surface area contributed by atoms with Crippen LogP contribution >= 0.6 is 11.3 Å². The van der Waals surface area contributed by atoms with Crippen LogP contribution in [-0.4, -0.2) is 28.1 Å². The molecule has 0 saturated heterocycles. The van der Waals surface area contributed by atoms with Gasteiger partial charge in [0, 0.05) is 10.9 Å². The van der Waals surface area contributed by atoms with E-state index < -0.39 is 12.0 Å². The highest BCUT2D eigenvalue weighted by Crippen LogP contribution is 2.22. The average Bonchev–Trinajstić information content (AvgIpc) is 2.67. The van der Waals surface area contributed by atoms with Crippen molar-refractivity contribution in [2.45, 2.75) is 46.1 Å². The lowest BCUT2D eigenvalue weighted by Gasteiger charge is -2.14. The van der Waals surface area contributed by atoms with E-state index in [9.17, 15) is 9.59 Å². The molecule has 0 fully saturated rings. The number of nitrogens with zero attached hydrogens (tertiary/aromatic N) is 1. The molecule has 0 spiro atoms. The zero-order chi connectivity index (χ0) is 14.4. The molecule has 0 saturated carbocycles. The van der Waals surface area contributed by atoms with Crippen LogP contribution in [0.4, 0.5) is 9.93 Å². The van der Waals surface area contributed by atoms with Crippen LogP contribution in [-0.2, 0) is 11.2 Å². The van der Waals surface area contributed by atoms with E-state index in [-0.39, 0.29) is 12.5 Å². The molecule has 0 bridgehead atoms. The summed E-state index contributed by atoms with van der Waals surface area (Å²) in [5.41, 5.74) is 0.970. The number of rotatable bonds is 6. The predicted octanol–water partition coefficient (Wildman–Crippen LogP) is 2.39. The van der Waals surface area contributed by atoms with E-state index in [1.54, 1.807) is 0 Å². The first kappa shape index (κ1) is 15.4. The van der Waals surface area contributed by atoms with Gasteiger partial charge in [0.15, 0.2) is 5.13 Å². The number of carboxylic acid groups (broad SMARTS) is 1. The number of carbonyl (C=O) groups is 2. The van der Waals surface area contributed by atoms with Crippen molar-refractivity contribution in [1.29, 1.82) is 0 Å². The number of aryl methyl sites for hydroxylation is 2. The van der Waals surface area contributed by atoms with Crippen molar-refractivity contribution in [1.82, 2.24) is 10.3 Å². The maximum Gasteiger partial charge on any atom is 0.321 e. The Morgan fingerprint density at radius 2 is 2.11 bits per heavy atom. The molecule has 1 rings (SSSR count). The van der Waals surface area contributed by atoms with Gasteiger partial charge in [-0.2, -0.15) is 0 Å². The Labute approximate surface area is 116 Å². The second kappa shape index (κ2) is 7.08. The van der Waals surface area contributed by atoms with Crippen LogP contribution in [0.2, 0.25) is 0 Å². The van der Waals surface area contributed by atoms with Crippen molar-refractivity contribution in [3.8, 4) is 0 Å². The second-order valence-corrected chi connectivity index (χ2v) is 5.38. The molecule has 1 atom stereocenters. The first-order valence-electron chi connectivity index (χ1n) is 6.21. The molecule has 1 aromatic heterocycles. The van der Waals surface area contributed by atoms with E-state index in [2.05, 4.69) is 15.6 Å². The summed E-state index contributed by atoms with van der Waals surface area (Å²) in [6, 6.07) is -0.784. The Morgan fingerprint density at radius 1 is 1.42 bits per heavy atom. The van der Waals surface area contributed by atoms with Crippen molar-refractivity contribution < 1.29 is 14.7 Å². The SMILES string of the molecule is CCc1nc(NC(=O)NC(CC)CC(=O)O)sc1C. The van der Waals surface area contributed by atoms with Gasteiger partial charge in [-0.3, -0.25) is 10.1 Å². The second-order valence-electron chi connectivity index (χ2n) is 4.18. The summed E-state index contributed by atoms with van der Waals surface area (Å²) in [5.74, 6) is -0.925. The first-order valence-corrected chi connectivity index (χ1v) is 7.03. The van der Waals surface area contributed by atoms with E-state index in [0.29, 0.717) is 11.6 Å². The van der Waals surface area contributed by atoms with E-state index in [0.717, 1.165) is 17.0 Å². The number of nitrogens with one attached hydrogen (secondary N) is 2. The molecule has 7 heteroatoms. The molecule has 3 N–H and O–H groups in total. The van der Waals surface area contributed by atoms with Crippen molar-refractivity contribution in [3.05, 3.63) is 10.6 Å². The molecule has 6 nitrogen and oxygen atoms in total. The van der Waals surface area contributed by atoms with Gasteiger partial charge >= 0.3 is 12.0 Å². The lowest BCUT2D eigenvalue weighted by Crippen LogP contribution is -2.38. The van der Waals surface area contributed by atoms with Crippen LogP contribution in [0.15, 0.2) is 0 Å². The van der Waals surface area contributed by atoms with Crippen molar-refractivity contribution in [3.63, 3.8) is 0 Å². The van der Waals surface area contributed by atoms with Crippen LogP contribution in [0.5, 0.6) is 0 Å². The molecule has 0 aliphatic heterocycles. The number of thiazole rings is 1. The van der Waals surface area contributed by atoms with Crippen LogP contribution in [0.25, 0.3) is 0 Å². The largest absolute Gasteiger partial charge is 0.481 e. The van der Waals surface area contributed by atoms with Crippen molar-refractivity contribution in [2.24, 2.45) is 0 Å². The van der Waals surface area contributed by atoms with E-state index >= 15 is 0 Å². The Hall–Kier alpha value is -1.63. The van der Waals surface area contributed by atoms with Crippen LogP contribution in [0, 0.1) is 6.92 Å². The summed E-state index contributed by atoms with van der Waals surface area (Å²) in [6.07, 6.45) is 1.31. The fourth-order valence-corrected chi connectivity index (χ4v) is 2.53. The zero-order valence-electron chi connectivity index (χ0n) is 11.3. The Balaban J connectivity index is 2.56. The Morgan fingerprint density at radius 3 is 2.58 bits per heavy atom. The van der Waals surface area contributed by atoms with Crippen LogP contribution in [0.3, 0.4) is 0 Å². The number of hydrogen-bond donors (Lipinski definition) is 3. The maximum absolute atomic E-state index is 11.7. The summed E-state index contributed by atoms with van der Waals surface area (Å²) in [4.78, 5) is 27.7. The van der Waals surface area contributed by atoms with Crippen LogP contribution in [0.1, 0.15) is 37.3 Å². The summed E-state index contributed by atoms with van der Waals surface area (Å²) < 4.78 is 0. The lowest BCUT2D eigenvalue weighted by molar-refractivity contribution is -0.137. The van der Waals surface area contributed by atoms with Gasteiger partial charge in [-0.05, 0) is 19.8 Å². The van der Waals surface area contributed by atoms with Crippen molar-refractivity contribution >= 4 is 28.5 Å². The molecule has 1 unspecified atom stereocenters. The van der Waals surface area contributed by atoms with Crippen LogP contribution < -0.4 is 10.6 Å². The predicted molar refractivity (Wildman–Crippen MR) is 74.7 cm³/mol. The summed E-state index contributed by atoms with van der Waals surface area (Å²) >= 11 is 1.42. The highest BCUT2D eigenvalue weighted by molar-refractivity contribution is 7.15. The number of aromatic nitrogens is 1. The molecular weight excluding hydrogens is 266 g/mol. The summed E-state index contributed by atoms with van der Waals surface area (Å²) in [7, 11) is 0. The minimum atomic E-state index is -0.925. The standard InChI is InChI=1S/C12H19N3O3S/c1-4-8(6-10(16)17)13-11(18)15-12-14-9(5-2)7(3)19-12/h8H,4-6H2,1-3H3,(H,16,17)(H2,13,14,15,18). The molecule has 0 radical (unpaired) electrons. The van der Waals surface area contributed by atoms with Gasteiger partial charge in [-0.1, -0.05) is 13.8 Å². The monoisotopic (exact) mass is 285 g/mol. The van der Waals surface area contributed by atoms with Gasteiger partial charge in [0.1, 0.15) is 0 Å². The molecule has 2 amide bonds. The summed E-state index contributed by atoms with van der Waals surface area (Å²) in [5, 5.41) is 14.5. The first-order chi connectivity index (χ1) is 8.96. The number of aliphatic carboxylic acids is 1. The van der Waals surface area contributed by atoms with Gasteiger partial charge in [0.25, 0.3) is 0 Å². The normalized spacial score (nSPS) is 11.9. The Bertz CT molecular complexity index is 459. The van der Waals surface area contributed by atoms with E-state index in [1.807, 2.05) is 20.8 Å². The number of hydrogen-bond acceptors (Lipinski definition) is 4. The smallest absolute Gasteiger partial charge is 0.321 e. The number of carbonyl (C=O) groups excluding carboxylic acids is 1. The fourth-order valence-electron chi connectivity index (χ4n) is 1.64. The molecule has 106 valence electrons. The van der Waals surface area contributed by atoms with Crippen molar-refractivity contribution in [2.75, 3.05) is 5.32 Å². The van der Waals surface area contributed by atoms with Gasteiger partial charge in [0.2, 0.25) is 0 Å². The summed E-state index contributed by atoms with van der Waals surface area (Å²) in [6.45, 7) is 5.79. The third kappa shape index (κ3) is 4.86. The Kier molecular flexibility index (Phi) is 5.75. The topological polar surface area (TPSA) is 91.3 Å². The van der Waals surface area contributed by atoms with Gasteiger partial charge in [-0.25, -0.2) is 9.78 Å². The van der Waals surface area contributed by atoms with Gasteiger partial charge in [0.05, 0.1) is 12.1 Å². The average molecular weight is 285 g/mol.